The molecule has 2 atom stereocenters. The van der Waals surface area contributed by atoms with Gasteiger partial charge in [-0.3, -0.25) is 4.90 Å². The van der Waals surface area contributed by atoms with Crippen LogP contribution >= 0.6 is 0 Å². The van der Waals surface area contributed by atoms with E-state index in [0.29, 0.717) is 12.1 Å². The fraction of sp³-hybridized carbons (Fsp3) is 0.833. The smallest absolute Gasteiger partial charge is 0.0593 e. The Morgan fingerprint density at radius 2 is 2.33 bits per heavy atom. The maximum atomic E-state index is 5.91. The van der Waals surface area contributed by atoms with Crippen molar-refractivity contribution in [1.29, 1.82) is 0 Å². The monoisotopic (exact) mass is 212 g/mol. The fourth-order valence-electron chi connectivity index (χ4n) is 2.04. The van der Waals surface area contributed by atoms with Gasteiger partial charge in [0.05, 0.1) is 13.2 Å². The third-order valence-electron chi connectivity index (χ3n) is 3.04. The highest BCUT2D eigenvalue weighted by Crippen LogP contribution is 2.14. The van der Waals surface area contributed by atoms with Gasteiger partial charge in [0.15, 0.2) is 0 Å². The molecule has 3 nitrogen and oxygen atoms in total. The maximum absolute atomic E-state index is 5.91. The van der Waals surface area contributed by atoms with Crippen molar-refractivity contribution >= 4 is 0 Å². The van der Waals surface area contributed by atoms with Crippen molar-refractivity contribution in [2.45, 2.75) is 38.3 Å². The molecule has 1 fully saturated rings. The zero-order valence-corrected chi connectivity index (χ0v) is 9.82. The lowest BCUT2D eigenvalue weighted by molar-refractivity contribution is 0.0746. The Bertz CT molecular complexity index is 184. The number of hydrogen-bond acceptors (Lipinski definition) is 3. The highest BCUT2D eigenvalue weighted by molar-refractivity contribution is 4.80. The van der Waals surface area contributed by atoms with Crippen molar-refractivity contribution in [2.75, 3.05) is 26.3 Å². The van der Waals surface area contributed by atoms with Crippen LogP contribution in [0.1, 0.15) is 26.2 Å². The molecule has 0 aliphatic carbocycles. The number of piperidine rings is 1. The first-order valence-electron chi connectivity index (χ1n) is 5.92. The summed E-state index contributed by atoms with van der Waals surface area (Å²) in [5.41, 5.74) is 5.91. The minimum absolute atomic E-state index is 0.401. The lowest BCUT2D eigenvalue weighted by Crippen LogP contribution is -2.46. The van der Waals surface area contributed by atoms with Crippen LogP contribution in [0.2, 0.25) is 0 Å². The standard InChI is InChI=1S/C12H24N2O/c1-3-4-8-15-9-7-14-6-5-12(13)10-11(14)2/h3,11-12H,1,4-10,13H2,2H3. The van der Waals surface area contributed by atoms with Crippen LogP contribution < -0.4 is 5.73 Å². The molecule has 0 radical (unpaired) electrons. The summed E-state index contributed by atoms with van der Waals surface area (Å²) in [6, 6.07) is 1.01. The Morgan fingerprint density at radius 1 is 1.53 bits per heavy atom. The van der Waals surface area contributed by atoms with Crippen molar-refractivity contribution in [1.82, 2.24) is 4.90 Å². The predicted octanol–water partition coefficient (Wildman–Crippen LogP) is 1.39. The van der Waals surface area contributed by atoms with Crippen molar-refractivity contribution in [3.63, 3.8) is 0 Å². The van der Waals surface area contributed by atoms with Gasteiger partial charge in [-0.15, -0.1) is 6.58 Å². The number of ether oxygens (including phenoxy) is 1. The van der Waals surface area contributed by atoms with Crippen LogP contribution in [0.5, 0.6) is 0 Å². The molecule has 0 aromatic carbocycles. The second kappa shape index (κ2) is 6.99. The van der Waals surface area contributed by atoms with Crippen molar-refractivity contribution in [3.05, 3.63) is 12.7 Å². The van der Waals surface area contributed by atoms with E-state index in [1.165, 1.54) is 0 Å². The van der Waals surface area contributed by atoms with E-state index in [9.17, 15) is 0 Å². The molecule has 2 N–H and O–H groups in total. The summed E-state index contributed by atoms with van der Waals surface area (Å²) >= 11 is 0. The van der Waals surface area contributed by atoms with Gasteiger partial charge in [0, 0.05) is 18.6 Å². The van der Waals surface area contributed by atoms with E-state index in [0.717, 1.165) is 45.6 Å². The lowest BCUT2D eigenvalue weighted by Gasteiger charge is -2.36. The summed E-state index contributed by atoms with van der Waals surface area (Å²) in [5.74, 6) is 0. The van der Waals surface area contributed by atoms with Gasteiger partial charge in [-0.05, 0) is 32.7 Å². The molecule has 0 saturated carbocycles. The zero-order chi connectivity index (χ0) is 11.1. The number of likely N-dealkylation sites (tertiary alicyclic amines) is 1. The first-order chi connectivity index (χ1) is 7.24. The van der Waals surface area contributed by atoms with Crippen LogP contribution in [-0.4, -0.2) is 43.3 Å². The van der Waals surface area contributed by atoms with E-state index < -0.39 is 0 Å². The normalized spacial score (nSPS) is 27.9. The van der Waals surface area contributed by atoms with E-state index in [1.54, 1.807) is 0 Å². The molecule has 3 heteroatoms. The van der Waals surface area contributed by atoms with Gasteiger partial charge in [0.25, 0.3) is 0 Å². The van der Waals surface area contributed by atoms with Crippen molar-refractivity contribution < 1.29 is 4.74 Å². The summed E-state index contributed by atoms with van der Waals surface area (Å²) in [6.45, 7) is 9.69. The van der Waals surface area contributed by atoms with Gasteiger partial charge in [-0.2, -0.15) is 0 Å². The molecule has 1 aliphatic heterocycles. The number of nitrogens with two attached hydrogens (primary N) is 1. The molecule has 0 bridgehead atoms. The summed E-state index contributed by atoms with van der Waals surface area (Å²) in [6.07, 6.45) is 5.08. The van der Waals surface area contributed by atoms with Gasteiger partial charge >= 0.3 is 0 Å². The summed E-state index contributed by atoms with van der Waals surface area (Å²) in [7, 11) is 0. The number of hydrogen-bond donors (Lipinski definition) is 1. The van der Waals surface area contributed by atoms with E-state index >= 15 is 0 Å². The topological polar surface area (TPSA) is 38.5 Å². The van der Waals surface area contributed by atoms with Crippen LogP contribution in [0.3, 0.4) is 0 Å². The van der Waals surface area contributed by atoms with Crippen LogP contribution in [0.4, 0.5) is 0 Å². The second-order valence-electron chi connectivity index (χ2n) is 4.36. The Labute approximate surface area is 93.3 Å². The van der Waals surface area contributed by atoms with Crippen LogP contribution in [0, 0.1) is 0 Å². The molecule has 1 saturated heterocycles. The summed E-state index contributed by atoms with van der Waals surface area (Å²) in [4.78, 5) is 2.47. The first-order valence-corrected chi connectivity index (χ1v) is 5.92. The Balaban J connectivity index is 2.07. The molecule has 88 valence electrons. The summed E-state index contributed by atoms with van der Waals surface area (Å²) in [5, 5.41) is 0. The second-order valence-corrected chi connectivity index (χ2v) is 4.36. The Hall–Kier alpha value is -0.380. The van der Waals surface area contributed by atoms with Crippen molar-refractivity contribution in [3.8, 4) is 0 Å². The number of rotatable bonds is 6. The Kier molecular flexibility index (Phi) is 5.91. The van der Waals surface area contributed by atoms with Crippen molar-refractivity contribution in [2.24, 2.45) is 5.73 Å². The maximum Gasteiger partial charge on any atom is 0.0593 e. The van der Waals surface area contributed by atoms with Crippen LogP contribution in [0.25, 0.3) is 0 Å². The van der Waals surface area contributed by atoms with Gasteiger partial charge in [-0.25, -0.2) is 0 Å². The lowest BCUT2D eigenvalue weighted by atomic mass is 9.99. The Morgan fingerprint density at radius 3 is 3.00 bits per heavy atom. The average Bonchev–Trinajstić information content (AvgIpc) is 2.20. The van der Waals surface area contributed by atoms with E-state index in [-0.39, 0.29) is 0 Å². The summed E-state index contributed by atoms with van der Waals surface area (Å²) < 4.78 is 5.51. The molecule has 0 spiro atoms. The van der Waals surface area contributed by atoms with E-state index in [1.807, 2.05) is 6.08 Å². The van der Waals surface area contributed by atoms with Gasteiger partial charge in [0.1, 0.15) is 0 Å². The molecule has 1 rings (SSSR count). The van der Waals surface area contributed by atoms with Gasteiger partial charge < -0.3 is 10.5 Å². The molecule has 15 heavy (non-hydrogen) atoms. The third-order valence-corrected chi connectivity index (χ3v) is 3.04. The minimum atomic E-state index is 0.401. The highest BCUT2D eigenvalue weighted by atomic mass is 16.5. The van der Waals surface area contributed by atoms with Crippen LogP contribution in [0.15, 0.2) is 12.7 Å². The zero-order valence-electron chi connectivity index (χ0n) is 9.82. The SMILES string of the molecule is C=CCCOCCN1CCC(N)CC1C. The van der Waals surface area contributed by atoms with Gasteiger partial charge in [0.2, 0.25) is 0 Å². The predicted molar refractivity (Wildman–Crippen MR) is 63.9 cm³/mol. The minimum Gasteiger partial charge on any atom is -0.380 e. The molecule has 2 unspecified atom stereocenters. The highest BCUT2D eigenvalue weighted by Gasteiger charge is 2.22. The average molecular weight is 212 g/mol. The molecular weight excluding hydrogens is 188 g/mol. The first kappa shape index (κ1) is 12.7. The molecule has 0 aromatic rings. The third kappa shape index (κ3) is 4.78. The quantitative estimate of drug-likeness (QED) is 0.534. The van der Waals surface area contributed by atoms with Gasteiger partial charge in [-0.1, -0.05) is 6.08 Å². The van der Waals surface area contributed by atoms with E-state index in [4.69, 9.17) is 10.5 Å². The molecule has 0 aromatic heterocycles. The van der Waals surface area contributed by atoms with Crippen LogP contribution in [-0.2, 0) is 4.74 Å². The fourth-order valence-corrected chi connectivity index (χ4v) is 2.04. The molecular formula is C12H24N2O. The van der Waals surface area contributed by atoms with E-state index in [2.05, 4.69) is 18.4 Å². The molecule has 0 amide bonds. The largest absolute Gasteiger partial charge is 0.380 e. The molecule has 1 aliphatic rings. The molecule has 1 heterocycles. The number of nitrogens with zero attached hydrogens (tertiary/aromatic N) is 1.